The molecule has 0 heterocycles. The van der Waals surface area contributed by atoms with Crippen molar-refractivity contribution >= 4 is 23.5 Å². The largest absolute Gasteiger partial charge is 0.483 e. The second kappa shape index (κ2) is 8.49. The number of nitrogens with two attached hydrogens (primary N) is 1. The van der Waals surface area contributed by atoms with E-state index in [0.717, 1.165) is 0 Å². The summed E-state index contributed by atoms with van der Waals surface area (Å²) >= 11 is 0. The molecule has 7 nitrogen and oxygen atoms in total. The molecule has 0 aromatic heterocycles. The number of carbonyl (C=O) groups excluding carboxylic acids is 3. The molecule has 0 fully saturated rings. The lowest BCUT2D eigenvalue weighted by Crippen LogP contribution is -2.21. The summed E-state index contributed by atoms with van der Waals surface area (Å²) in [6, 6.07) is 12.7. The van der Waals surface area contributed by atoms with Gasteiger partial charge >= 0.3 is 5.97 Å². The molecule has 0 atom stereocenters. The monoisotopic (exact) mass is 342 g/mol. The van der Waals surface area contributed by atoms with Gasteiger partial charge in [-0.1, -0.05) is 12.1 Å². The molecule has 0 radical (unpaired) electrons. The van der Waals surface area contributed by atoms with Gasteiger partial charge in [-0.05, 0) is 43.3 Å². The number of esters is 1. The molecule has 2 aromatic carbocycles. The number of hydrogen-bond donors (Lipinski definition) is 2. The zero-order valence-corrected chi connectivity index (χ0v) is 13.7. The maximum absolute atomic E-state index is 12.0. The van der Waals surface area contributed by atoms with Crippen molar-refractivity contribution in [2.24, 2.45) is 5.73 Å². The average molecular weight is 342 g/mol. The molecule has 0 saturated heterocycles. The van der Waals surface area contributed by atoms with E-state index < -0.39 is 17.8 Å². The van der Waals surface area contributed by atoms with Gasteiger partial charge in [0.25, 0.3) is 5.91 Å². The number of hydrogen-bond acceptors (Lipinski definition) is 5. The Morgan fingerprint density at radius 2 is 1.72 bits per heavy atom. The fraction of sp³-hybridized carbons (Fsp3) is 0.167. The summed E-state index contributed by atoms with van der Waals surface area (Å²) in [6.45, 7) is 1.67. The SMILES string of the molecule is CCOC(=O)c1ccccc1OCC(=O)Nc1ccc(C(N)=O)cc1. The molecule has 0 bridgehead atoms. The van der Waals surface area contributed by atoms with Crippen molar-refractivity contribution in [3.63, 3.8) is 0 Å². The Hall–Kier alpha value is -3.35. The van der Waals surface area contributed by atoms with Gasteiger partial charge in [0.05, 0.1) is 6.61 Å². The first kappa shape index (κ1) is 18.0. The molecular formula is C18H18N2O5. The predicted molar refractivity (Wildman–Crippen MR) is 91.5 cm³/mol. The van der Waals surface area contributed by atoms with Crippen LogP contribution >= 0.6 is 0 Å². The Morgan fingerprint density at radius 1 is 1.04 bits per heavy atom. The summed E-state index contributed by atoms with van der Waals surface area (Å²) in [5, 5.41) is 2.62. The Balaban J connectivity index is 1.96. The van der Waals surface area contributed by atoms with Crippen LogP contribution in [0.5, 0.6) is 5.75 Å². The van der Waals surface area contributed by atoms with Crippen molar-refractivity contribution in [3.05, 3.63) is 59.7 Å². The van der Waals surface area contributed by atoms with Crippen LogP contribution in [0.25, 0.3) is 0 Å². The van der Waals surface area contributed by atoms with Crippen molar-refractivity contribution in [1.29, 1.82) is 0 Å². The summed E-state index contributed by atoms with van der Waals surface area (Å²) in [6.07, 6.45) is 0. The second-order valence-corrected chi connectivity index (χ2v) is 5.00. The van der Waals surface area contributed by atoms with Crippen LogP contribution in [0.2, 0.25) is 0 Å². The molecule has 130 valence electrons. The van der Waals surface area contributed by atoms with E-state index in [1.54, 1.807) is 43.3 Å². The van der Waals surface area contributed by atoms with Crippen LogP contribution in [0.1, 0.15) is 27.6 Å². The van der Waals surface area contributed by atoms with Gasteiger partial charge in [0.1, 0.15) is 11.3 Å². The fourth-order valence-corrected chi connectivity index (χ4v) is 2.03. The zero-order chi connectivity index (χ0) is 18.2. The van der Waals surface area contributed by atoms with E-state index in [9.17, 15) is 14.4 Å². The van der Waals surface area contributed by atoms with Crippen LogP contribution in [0, 0.1) is 0 Å². The average Bonchev–Trinajstić information content (AvgIpc) is 2.61. The minimum Gasteiger partial charge on any atom is -0.483 e. The van der Waals surface area contributed by atoms with Crippen molar-refractivity contribution in [1.82, 2.24) is 0 Å². The summed E-state index contributed by atoms with van der Waals surface area (Å²) in [5.74, 6) is -1.21. The van der Waals surface area contributed by atoms with Gasteiger partial charge in [0.2, 0.25) is 5.91 Å². The van der Waals surface area contributed by atoms with Crippen molar-refractivity contribution in [2.45, 2.75) is 6.92 Å². The van der Waals surface area contributed by atoms with Crippen LogP contribution in [0.4, 0.5) is 5.69 Å². The molecular weight excluding hydrogens is 324 g/mol. The lowest BCUT2D eigenvalue weighted by Gasteiger charge is -2.11. The van der Waals surface area contributed by atoms with Gasteiger partial charge in [-0.3, -0.25) is 9.59 Å². The van der Waals surface area contributed by atoms with Gasteiger partial charge in [0, 0.05) is 11.3 Å². The Kier molecular flexibility index (Phi) is 6.11. The maximum Gasteiger partial charge on any atom is 0.341 e. The fourth-order valence-electron chi connectivity index (χ4n) is 2.03. The van der Waals surface area contributed by atoms with Crippen LogP contribution in [0.15, 0.2) is 48.5 Å². The lowest BCUT2D eigenvalue weighted by molar-refractivity contribution is -0.118. The highest BCUT2D eigenvalue weighted by Gasteiger charge is 2.14. The number of para-hydroxylation sites is 1. The number of ether oxygens (including phenoxy) is 2. The summed E-state index contributed by atoms with van der Waals surface area (Å²) in [4.78, 5) is 34.8. The van der Waals surface area contributed by atoms with Crippen molar-refractivity contribution in [3.8, 4) is 5.75 Å². The number of nitrogens with one attached hydrogen (secondary N) is 1. The number of rotatable bonds is 7. The highest BCUT2D eigenvalue weighted by atomic mass is 16.5. The van der Waals surface area contributed by atoms with E-state index in [1.807, 2.05) is 0 Å². The van der Waals surface area contributed by atoms with Gasteiger partial charge in [-0.2, -0.15) is 0 Å². The van der Waals surface area contributed by atoms with Gasteiger partial charge in [0.15, 0.2) is 6.61 Å². The molecule has 0 aliphatic carbocycles. The van der Waals surface area contributed by atoms with E-state index in [2.05, 4.69) is 5.32 Å². The molecule has 2 rings (SSSR count). The predicted octanol–water partition coefficient (Wildman–Crippen LogP) is 1.98. The number of primary amides is 1. The van der Waals surface area contributed by atoms with Gasteiger partial charge in [-0.25, -0.2) is 4.79 Å². The number of amides is 2. The first-order chi connectivity index (χ1) is 12.0. The Morgan fingerprint density at radius 3 is 2.36 bits per heavy atom. The third-order valence-corrected chi connectivity index (χ3v) is 3.19. The number of carbonyl (C=O) groups is 3. The van der Waals surface area contributed by atoms with Crippen molar-refractivity contribution in [2.75, 3.05) is 18.5 Å². The molecule has 0 aliphatic rings. The topological polar surface area (TPSA) is 108 Å². The number of benzene rings is 2. The smallest absolute Gasteiger partial charge is 0.341 e. The van der Waals surface area contributed by atoms with E-state index in [4.69, 9.17) is 15.2 Å². The first-order valence-corrected chi connectivity index (χ1v) is 7.60. The third kappa shape index (κ3) is 5.07. The highest BCUT2D eigenvalue weighted by molar-refractivity contribution is 5.95. The molecule has 25 heavy (non-hydrogen) atoms. The zero-order valence-electron chi connectivity index (χ0n) is 13.7. The van der Waals surface area contributed by atoms with E-state index in [0.29, 0.717) is 11.3 Å². The minimum absolute atomic E-state index is 0.245. The standard InChI is InChI=1S/C18H18N2O5/c1-2-24-18(23)14-5-3-4-6-15(14)25-11-16(21)20-13-9-7-12(8-10-13)17(19)22/h3-10H,2,11H2,1H3,(H2,19,22)(H,20,21). The molecule has 3 N–H and O–H groups in total. The summed E-state index contributed by atoms with van der Waals surface area (Å²) in [7, 11) is 0. The number of anilines is 1. The molecule has 2 amide bonds. The third-order valence-electron chi connectivity index (χ3n) is 3.19. The minimum atomic E-state index is -0.545. The normalized spacial score (nSPS) is 9.96. The van der Waals surface area contributed by atoms with Gasteiger partial charge in [-0.15, -0.1) is 0 Å². The molecule has 7 heteroatoms. The van der Waals surface area contributed by atoms with Crippen LogP contribution in [-0.4, -0.2) is 31.0 Å². The molecule has 2 aromatic rings. The lowest BCUT2D eigenvalue weighted by atomic mass is 10.2. The second-order valence-electron chi connectivity index (χ2n) is 5.00. The maximum atomic E-state index is 12.0. The molecule has 0 spiro atoms. The molecule has 0 saturated carbocycles. The van der Waals surface area contributed by atoms with Crippen LogP contribution in [-0.2, 0) is 9.53 Å². The van der Waals surface area contributed by atoms with E-state index >= 15 is 0 Å². The van der Waals surface area contributed by atoms with E-state index in [1.165, 1.54) is 12.1 Å². The highest BCUT2D eigenvalue weighted by Crippen LogP contribution is 2.19. The summed E-state index contributed by atoms with van der Waals surface area (Å²) in [5.41, 5.74) is 6.25. The van der Waals surface area contributed by atoms with Crippen molar-refractivity contribution < 1.29 is 23.9 Å². The first-order valence-electron chi connectivity index (χ1n) is 7.60. The molecule has 0 unspecified atom stereocenters. The van der Waals surface area contributed by atoms with Gasteiger partial charge < -0.3 is 20.5 Å². The molecule has 0 aliphatic heterocycles. The quantitative estimate of drug-likeness (QED) is 0.748. The summed E-state index contributed by atoms with van der Waals surface area (Å²) < 4.78 is 10.4. The van der Waals surface area contributed by atoms with Crippen LogP contribution in [0.3, 0.4) is 0 Å². The van der Waals surface area contributed by atoms with E-state index in [-0.39, 0.29) is 24.5 Å². The Bertz CT molecular complexity index is 771. The van der Waals surface area contributed by atoms with Crippen LogP contribution < -0.4 is 15.8 Å². The Labute approximate surface area is 144 Å².